The topological polar surface area (TPSA) is 106 Å². The second-order valence-electron chi connectivity index (χ2n) is 6.52. The maximum atomic E-state index is 12.5. The number of carbonyl (C=O) groups is 1. The number of rotatable bonds is 7. The number of sulfone groups is 1. The Kier molecular flexibility index (Phi) is 5.55. The molecule has 142 valence electrons. The number of nitrogens with one attached hydrogen (secondary N) is 1. The Hall–Kier alpha value is -2.74. The lowest BCUT2D eigenvalue weighted by Gasteiger charge is -2.08. The van der Waals surface area contributed by atoms with Gasteiger partial charge in [-0.05, 0) is 42.5 Å². The summed E-state index contributed by atoms with van der Waals surface area (Å²) in [5.74, 6) is -0.757. The van der Waals surface area contributed by atoms with Crippen LogP contribution in [0.15, 0.2) is 47.4 Å². The summed E-state index contributed by atoms with van der Waals surface area (Å²) in [6.45, 7) is -0.0190. The minimum Gasteiger partial charge on any atom is -0.352 e. The van der Waals surface area contributed by atoms with Crippen LogP contribution in [0.3, 0.4) is 0 Å². The summed E-state index contributed by atoms with van der Waals surface area (Å²) < 4.78 is 25.0. The molecule has 0 unspecified atom stereocenters. The lowest BCUT2D eigenvalue weighted by atomic mass is 10.1. The molecule has 0 aliphatic heterocycles. The summed E-state index contributed by atoms with van der Waals surface area (Å²) in [7, 11) is -3.55. The van der Waals surface area contributed by atoms with E-state index in [4.69, 9.17) is 0 Å². The number of hydrogen-bond acceptors (Lipinski definition) is 5. The van der Waals surface area contributed by atoms with Crippen molar-refractivity contribution in [3.63, 3.8) is 0 Å². The third kappa shape index (κ3) is 4.51. The maximum Gasteiger partial charge on any atom is 0.274 e. The molecule has 1 N–H and O–H groups in total. The standard InChI is InChI=1S/C19H20N2O5S/c22-19(20-13-16-4-1-2-7-18(16)21(23)24)10-11-27(25,26)17-9-8-14-5-3-6-15(14)12-17/h1-2,4,7-9,12H,3,5-6,10-11,13H2,(H,20,22). The van der Waals surface area contributed by atoms with Crippen molar-refractivity contribution in [2.75, 3.05) is 5.75 Å². The van der Waals surface area contributed by atoms with Gasteiger partial charge in [-0.2, -0.15) is 0 Å². The number of fused-ring (bicyclic) bond motifs is 1. The van der Waals surface area contributed by atoms with Gasteiger partial charge in [-0.3, -0.25) is 14.9 Å². The highest BCUT2D eigenvalue weighted by Gasteiger charge is 2.20. The molecule has 0 heterocycles. The van der Waals surface area contributed by atoms with E-state index in [1.54, 1.807) is 30.3 Å². The van der Waals surface area contributed by atoms with Gasteiger partial charge in [-0.1, -0.05) is 24.3 Å². The van der Waals surface area contributed by atoms with Crippen molar-refractivity contribution in [2.45, 2.75) is 37.1 Å². The van der Waals surface area contributed by atoms with Crippen LogP contribution in [-0.2, 0) is 34.0 Å². The fourth-order valence-electron chi connectivity index (χ4n) is 3.21. The first kappa shape index (κ1) is 19.0. The van der Waals surface area contributed by atoms with E-state index in [-0.39, 0.29) is 29.3 Å². The molecule has 0 atom stereocenters. The van der Waals surface area contributed by atoms with Gasteiger partial charge in [0.05, 0.1) is 15.6 Å². The molecule has 0 bridgehead atoms. The Balaban J connectivity index is 1.58. The summed E-state index contributed by atoms with van der Waals surface area (Å²) in [5.41, 5.74) is 2.55. The number of aryl methyl sites for hydroxylation is 2. The zero-order valence-corrected chi connectivity index (χ0v) is 15.5. The lowest BCUT2D eigenvalue weighted by Crippen LogP contribution is -2.25. The van der Waals surface area contributed by atoms with Gasteiger partial charge in [-0.25, -0.2) is 8.42 Å². The number of nitro groups is 1. The highest BCUT2D eigenvalue weighted by atomic mass is 32.2. The van der Waals surface area contributed by atoms with Crippen molar-refractivity contribution < 1.29 is 18.1 Å². The van der Waals surface area contributed by atoms with Crippen molar-refractivity contribution in [2.24, 2.45) is 0 Å². The third-order valence-electron chi connectivity index (χ3n) is 4.69. The molecular formula is C19H20N2O5S. The monoisotopic (exact) mass is 388 g/mol. The molecule has 7 nitrogen and oxygen atoms in total. The molecule has 1 amide bonds. The van der Waals surface area contributed by atoms with E-state index in [0.29, 0.717) is 5.56 Å². The molecule has 8 heteroatoms. The van der Waals surface area contributed by atoms with Crippen LogP contribution >= 0.6 is 0 Å². The van der Waals surface area contributed by atoms with Crippen molar-refractivity contribution in [3.8, 4) is 0 Å². The quantitative estimate of drug-likeness (QED) is 0.579. The van der Waals surface area contributed by atoms with Gasteiger partial charge < -0.3 is 5.32 Å². The van der Waals surface area contributed by atoms with E-state index in [0.717, 1.165) is 24.8 Å². The number of nitro benzene ring substituents is 1. The molecule has 27 heavy (non-hydrogen) atoms. The van der Waals surface area contributed by atoms with Gasteiger partial charge in [-0.15, -0.1) is 0 Å². The van der Waals surface area contributed by atoms with Crippen LogP contribution in [-0.4, -0.2) is 25.0 Å². The van der Waals surface area contributed by atoms with Crippen LogP contribution in [0.1, 0.15) is 29.5 Å². The van der Waals surface area contributed by atoms with E-state index in [1.807, 2.05) is 6.07 Å². The number of carbonyl (C=O) groups excluding carboxylic acids is 1. The van der Waals surface area contributed by atoms with Crippen LogP contribution < -0.4 is 5.32 Å². The zero-order chi connectivity index (χ0) is 19.4. The summed E-state index contributed by atoms with van der Waals surface area (Å²) >= 11 is 0. The summed E-state index contributed by atoms with van der Waals surface area (Å²) in [5, 5.41) is 13.5. The molecule has 2 aromatic carbocycles. The van der Waals surface area contributed by atoms with Crippen LogP contribution in [0.4, 0.5) is 5.69 Å². The van der Waals surface area contributed by atoms with Gasteiger partial charge >= 0.3 is 0 Å². The molecule has 0 fully saturated rings. The van der Waals surface area contributed by atoms with E-state index in [9.17, 15) is 23.3 Å². The Labute approximate surface area is 157 Å². The van der Waals surface area contributed by atoms with Gasteiger partial charge in [0.25, 0.3) is 5.69 Å². The predicted molar refractivity (Wildman–Crippen MR) is 100 cm³/mol. The summed E-state index contributed by atoms with van der Waals surface area (Å²) in [4.78, 5) is 22.7. The highest BCUT2D eigenvalue weighted by Crippen LogP contribution is 2.25. The lowest BCUT2D eigenvalue weighted by molar-refractivity contribution is -0.385. The first-order valence-corrected chi connectivity index (χ1v) is 10.4. The third-order valence-corrected chi connectivity index (χ3v) is 6.40. The Morgan fingerprint density at radius 3 is 2.63 bits per heavy atom. The summed E-state index contributed by atoms with van der Waals surface area (Å²) in [6, 6.07) is 11.3. The van der Waals surface area contributed by atoms with Gasteiger partial charge in [0.15, 0.2) is 9.84 Å². The number of nitrogens with zero attached hydrogens (tertiary/aromatic N) is 1. The first-order valence-electron chi connectivity index (χ1n) is 8.70. The molecule has 0 spiro atoms. The largest absolute Gasteiger partial charge is 0.352 e. The normalized spacial score (nSPS) is 13.2. The number of benzene rings is 2. The fourth-order valence-corrected chi connectivity index (χ4v) is 4.49. The van der Waals surface area contributed by atoms with Crippen LogP contribution in [0.5, 0.6) is 0 Å². The van der Waals surface area contributed by atoms with Crippen LogP contribution in [0.2, 0.25) is 0 Å². The zero-order valence-electron chi connectivity index (χ0n) is 14.7. The minimum atomic E-state index is -3.55. The second-order valence-corrected chi connectivity index (χ2v) is 8.62. The molecular weight excluding hydrogens is 368 g/mol. The van der Waals surface area contributed by atoms with Crippen LogP contribution in [0.25, 0.3) is 0 Å². The molecule has 0 saturated heterocycles. The number of hydrogen-bond donors (Lipinski definition) is 1. The Bertz CT molecular complexity index is 985. The average Bonchev–Trinajstić information content (AvgIpc) is 3.12. The maximum absolute atomic E-state index is 12.5. The van der Waals surface area contributed by atoms with E-state index < -0.39 is 20.7 Å². The molecule has 3 rings (SSSR count). The van der Waals surface area contributed by atoms with E-state index in [2.05, 4.69) is 5.32 Å². The Morgan fingerprint density at radius 1 is 1.11 bits per heavy atom. The molecule has 1 aliphatic carbocycles. The van der Waals surface area contributed by atoms with Gasteiger partial charge in [0.1, 0.15) is 0 Å². The molecule has 0 saturated carbocycles. The Morgan fingerprint density at radius 2 is 1.85 bits per heavy atom. The smallest absolute Gasteiger partial charge is 0.274 e. The van der Waals surface area contributed by atoms with Crippen LogP contribution in [0, 0.1) is 10.1 Å². The molecule has 2 aromatic rings. The molecule has 0 radical (unpaired) electrons. The summed E-state index contributed by atoms with van der Waals surface area (Å²) in [6.07, 6.45) is 2.70. The fraction of sp³-hybridized carbons (Fsp3) is 0.316. The predicted octanol–water partition coefficient (Wildman–Crippen LogP) is 2.56. The second kappa shape index (κ2) is 7.87. The van der Waals surface area contributed by atoms with Crippen molar-refractivity contribution in [1.82, 2.24) is 5.32 Å². The van der Waals surface area contributed by atoms with Gasteiger partial charge in [0, 0.05) is 24.6 Å². The van der Waals surface area contributed by atoms with E-state index in [1.165, 1.54) is 11.6 Å². The number of para-hydroxylation sites is 1. The van der Waals surface area contributed by atoms with Crippen molar-refractivity contribution in [1.29, 1.82) is 0 Å². The average molecular weight is 388 g/mol. The SMILES string of the molecule is O=C(CCS(=O)(=O)c1ccc2c(c1)CCC2)NCc1ccccc1[N+](=O)[O-]. The number of amides is 1. The van der Waals surface area contributed by atoms with E-state index >= 15 is 0 Å². The first-order chi connectivity index (χ1) is 12.9. The molecule has 1 aliphatic rings. The van der Waals surface area contributed by atoms with Gasteiger partial charge in [0.2, 0.25) is 5.91 Å². The van der Waals surface area contributed by atoms with Crippen molar-refractivity contribution in [3.05, 3.63) is 69.3 Å². The minimum absolute atomic E-state index is 0.0190. The highest BCUT2D eigenvalue weighted by molar-refractivity contribution is 7.91. The molecule has 0 aromatic heterocycles. The van der Waals surface area contributed by atoms with Crippen molar-refractivity contribution >= 4 is 21.4 Å².